The van der Waals surface area contributed by atoms with Crippen LogP contribution >= 0.6 is 0 Å². The molecule has 3 aromatic carbocycles. The molecule has 1 aliphatic heterocycles. The summed E-state index contributed by atoms with van der Waals surface area (Å²) in [6, 6.07) is 23.3. The van der Waals surface area contributed by atoms with Crippen LogP contribution in [-0.2, 0) is 20.9 Å². The van der Waals surface area contributed by atoms with Gasteiger partial charge in [-0.1, -0.05) is 42.5 Å². The van der Waals surface area contributed by atoms with E-state index in [0.29, 0.717) is 28.3 Å². The Bertz CT molecular complexity index is 1220. The van der Waals surface area contributed by atoms with E-state index in [9.17, 15) is 14.4 Å². The molecule has 0 radical (unpaired) electrons. The maximum atomic E-state index is 13.4. The summed E-state index contributed by atoms with van der Waals surface area (Å²) in [6.07, 6.45) is 0. The second-order valence-corrected chi connectivity index (χ2v) is 7.54. The van der Waals surface area contributed by atoms with Crippen molar-refractivity contribution in [2.75, 3.05) is 17.7 Å². The standard InChI is InChI=1S/C26H23N3O4/c1-17(30)27-20-10-12-21(13-11-20)28-24-23(19-8-14-22(33-2)15-9-19)25(31)29(26(24)32)16-18-6-4-3-5-7-18/h3-15,28H,16H2,1-2H3,(H,27,30). The average Bonchev–Trinajstić information content (AvgIpc) is 3.05. The number of hydrogen-bond donors (Lipinski definition) is 2. The number of hydrogen-bond acceptors (Lipinski definition) is 5. The Hall–Kier alpha value is -4.39. The van der Waals surface area contributed by atoms with Crippen LogP contribution in [0.3, 0.4) is 0 Å². The Kier molecular flexibility index (Phi) is 6.22. The quantitative estimate of drug-likeness (QED) is 0.540. The van der Waals surface area contributed by atoms with Crippen LogP contribution in [0.15, 0.2) is 84.6 Å². The number of ether oxygens (including phenoxy) is 1. The predicted octanol–water partition coefficient (Wildman–Crippen LogP) is 4.05. The lowest BCUT2D eigenvalue weighted by atomic mass is 10.0. The van der Waals surface area contributed by atoms with Crippen molar-refractivity contribution in [1.82, 2.24) is 4.90 Å². The molecule has 2 N–H and O–H groups in total. The lowest BCUT2D eigenvalue weighted by Crippen LogP contribution is -2.31. The van der Waals surface area contributed by atoms with Gasteiger partial charge in [0.25, 0.3) is 11.8 Å². The summed E-state index contributed by atoms with van der Waals surface area (Å²) in [4.78, 5) is 39.2. The minimum absolute atomic E-state index is 0.171. The highest BCUT2D eigenvalue weighted by Crippen LogP contribution is 2.32. The number of rotatable bonds is 7. The summed E-state index contributed by atoms with van der Waals surface area (Å²) in [6.45, 7) is 1.60. The normalized spacial score (nSPS) is 13.3. The van der Waals surface area contributed by atoms with Crippen molar-refractivity contribution in [2.24, 2.45) is 0 Å². The van der Waals surface area contributed by atoms with Crippen molar-refractivity contribution in [3.63, 3.8) is 0 Å². The largest absolute Gasteiger partial charge is 0.497 e. The van der Waals surface area contributed by atoms with Gasteiger partial charge in [0.2, 0.25) is 5.91 Å². The molecule has 1 heterocycles. The van der Waals surface area contributed by atoms with Crippen LogP contribution < -0.4 is 15.4 Å². The number of benzene rings is 3. The van der Waals surface area contributed by atoms with Gasteiger partial charge in [-0.3, -0.25) is 19.3 Å². The van der Waals surface area contributed by atoms with Crippen LogP contribution in [0.4, 0.5) is 11.4 Å². The SMILES string of the molecule is COc1ccc(C2=C(Nc3ccc(NC(C)=O)cc3)C(=O)N(Cc3ccccc3)C2=O)cc1. The van der Waals surface area contributed by atoms with Crippen molar-refractivity contribution in [2.45, 2.75) is 13.5 Å². The van der Waals surface area contributed by atoms with Gasteiger partial charge in [-0.15, -0.1) is 0 Å². The first-order valence-corrected chi connectivity index (χ1v) is 10.4. The van der Waals surface area contributed by atoms with Crippen LogP contribution in [0, 0.1) is 0 Å². The second-order valence-electron chi connectivity index (χ2n) is 7.54. The van der Waals surface area contributed by atoms with Crippen LogP contribution in [0.25, 0.3) is 5.57 Å². The molecule has 0 fully saturated rings. The fourth-order valence-electron chi connectivity index (χ4n) is 3.61. The molecule has 0 unspecified atom stereocenters. The Morgan fingerprint density at radius 2 is 1.48 bits per heavy atom. The molecule has 0 bridgehead atoms. The summed E-state index contributed by atoms with van der Waals surface area (Å²) < 4.78 is 5.22. The Balaban J connectivity index is 1.69. The van der Waals surface area contributed by atoms with E-state index in [1.165, 1.54) is 11.8 Å². The highest BCUT2D eigenvalue weighted by atomic mass is 16.5. The number of carbonyl (C=O) groups excluding carboxylic acids is 3. The van der Waals surface area contributed by atoms with Crippen LogP contribution in [0.1, 0.15) is 18.1 Å². The second kappa shape index (κ2) is 9.40. The highest BCUT2D eigenvalue weighted by molar-refractivity contribution is 6.36. The zero-order valence-electron chi connectivity index (χ0n) is 18.3. The number of nitrogens with zero attached hydrogens (tertiary/aromatic N) is 1. The molecule has 0 aliphatic carbocycles. The van der Waals surface area contributed by atoms with E-state index in [2.05, 4.69) is 10.6 Å². The fourth-order valence-corrected chi connectivity index (χ4v) is 3.61. The summed E-state index contributed by atoms with van der Waals surface area (Å²) in [5.41, 5.74) is 3.22. The summed E-state index contributed by atoms with van der Waals surface area (Å²) in [5.74, 6) is -0.291. The first kappa shape index (κ1) is 21.8. The first-order chi connectivity index (χ1) is 16.0. The fraction of sp³-hybridized carbons (Fsp3) is 0.115. The molecule has 0 saturated carbocycles. The van der Waals surface area contributed by atoms with Gasteiger partial charge in [-0.25, -0.2) is 0 Å². The van der Waals surface area contributed by atoms with E-state index in [-0.39, 0.29) is 24.1 Å². The monoisotopic (exact) mass is 441 g/mol. The van der Waals surface area contributed by atoms with E-state index in [1.54, 1.807) is 55.6 Å². The van der Waals surface area contributed by atoms with Crippen LogP contribution in [0.2, 0.25) is 0 Å². The zero-order chi connectivity index (χ0) is 23.4. The lowest BCUT2D eigenvalue weighted by Gasteiger charge is -2.15. The number of anilines is 2. The zero-order valence-corrected chi connectivity index (χ0v) is 18.3. The molecule has 4 rings (SSSR count). The molecule has 0 spiro atoms. The van der Waals surface area contributed by atoms with Gasteiger partial charge < -0.3 is 15.4 Å². The number of amides is 3. The molecule has 0 saturated heterocycles. The highest BCUT2D eigenvalue weighted by Gasteiger charge is 2.39. The lowest BCUT2D eigenvalue weighted by molar-refractivity contribution is -0.137. The molecule has 0 atom stereocenters. The molecule has 33 heavy (non-hydrogen) atoms. The molecule has 7 nitrogen and oxygen atoms in total. The number of nitrogens with one attached hydrogen (secondary N) is 2. The Morgan fingerprint density at radius 3 is 2.09 bits per heavy atom. The van der Waals surface area contributed by atoms with E-state index in [4.69, 9.17) is 4.74 Å². The van der Waals surface area contributed by atoms with Crippen molar-refractivity contribution in [3.8, 4) is 5.75 Å². The number of imide groups is 1. The molecular formula is C26H23N3O4. The van der Waals surface area contributed by atoms with Gasteiger partial charge in [-0.05, 0) is 47.5 Å². The van der Waals surface area contributed by atoms with E-state index in [1.807, 2.05) is 30.3 Å². The van der Waals surface area contributed by atoms with Gasteiger partial charge in [0, 0.05) is 18.3 Å². The third kappa shape index (κ3) is 4.77. The average molecular weight is 441 g/mol. The van der Waals surface area contributed by atoms with Crippen molar-refractivity contribution >= 4 is 34.7 Å². The smallest absolute Gasteiger partial charge is 0.278 e. The minimum atomic E-state index is -0.402. The van der Waals surface area contributed by atoms with Crippen molar-refractivity contribution < 1.29 is 19.1 Å². The Labute approximate surface area is 191 Å². The molecule has 166 valence electrons. The van der Waals surface area contributed by atoms with E-state index >= 15 is 0 Å². The molecule has 1 aliphatic rings. The maximum absolute atomic E-state index is 13.4. The maximum Gasteiger partial charge on any atom is 0.278 e. The van der Waals surface area contributed by atoms with E-state index < -0.39 is 5.91 Å². The Morgan fingerprint density at radius 1 is 0.848 bits per heavy atom. The number of methoxy groups -OCH3 is 1. The summed E-state index contributed by atoms with van der Waals surface area (Å²) >= 11 is 0. The summed E-state index contributed by atoms with van der Waals surface area (Å²) in [7, 11) is 1.57. The molecule has 3 amide bonds. The van der Waals surface area contributed by atoms with Crippen LogP contribution in [0.5, 0.6) is 5.75 Å². The first-order valence-electron chi connectivity index (χ1n) is 10.4. The van der Waals surface area contributed by atoms with Crippen molar-refractivity contribution in [3.05, 3.63) is 95.7 Å². The molecular weight excluding hydrogens is 418 g/mol. The van der Waals surface area contributed by atoms with Crippen LogP contribution in [-0.4, -0.2) is 29.7 Å². The predicted molar refractivity (Wildman–Crippen MR) is 126 cm³/mol. The number of carbonyl (C=O) groups is 3. The van der Waals surface area contributed by atoms with Gasteiger partial charge in [0.1, 0.15) is 11.4 Å². The minimum Gasteiger partial charge on any atom is -0.497 e. The van der Waals surface area contributed by atoms with Gasteiger partial charge >= 0.3 is 0 Å². The molecule has 7 heteroatoms. The third-order valence-electron chi connectivity index (χ3n) is 5.20. The van der Waals surface area contributed by atoms with E-state index in [0.717, 1.165) is 5.56 Å². The molecule has 3 aromatic rings. The van der Waals surface area contributed by atoms with Crippen molar-refractivity contribution in [1.29, 1.82) is 0 Å². The van der Waals surface area contributed by atoms with Gasteiger partial charge in [0.05, 0.1) is 19.2 Å². The third-order valence-corrected chi connectivity index (χ3v) is 5.20. The molecule has 0 aromatic heterocycles. The topological polar surface area (TPSA) is 87.7 Å². The van der Waals surface area contributed by atoms with Gasteiger partial charge in [0.15, 0.2) is 0 Å². The summed E-state index contributed by atoms with van der Waals surface area (Å²) in [5, 5.41) is 5.82. The van der Waals surface area contributed by atoms with Gasteiger partial charge in [-0.2, -0.15) is 0 Å².